The molecule has 0 saturated heterocycles. The van der Waals surface area contributed by atoms with Crippen molar-refractivity contribution in [3.63, 3.8) is 0 Å². The van der Waals surface area contributed by atoms with Crippen LogP contribution in [0.5, 0.6) is 0 Å². The fourth-order valence-corrected chi connectivity index (χ4v) is 2.48. The van der Waals surface area contributed by atoms with Crippen LogP contribution in [0.3, 0.4) is 0 Å². The summed E-state index contributed by atoms with van der Waals surface area (Å²) in [6.45, 7) is 9.26. The van der Waals surface area contributed by atoms with Gasteiger partial charge in [-0.2, -0.15) is 0 Å². The van der Waals surface area contributed by atoms with Crippen molar-refractivity contribution in [2.24, 2.45) is 11.3 Å². The molecule has 0 radical (unpaired) electrons. The Labute approximate surface area is 68.1 Å². The quantitative estimate of drug-likeness (QED) is 0.518. The topological polar surface area (TPSA) is 0 Å². The third-order valence-corrected chi connectivity index (χ3v) is 3.80. The van der Waals surface area contributed by atoms with Gasteiger partial charge in [0.1, 0.15) is 0 Å². The zero-order valence-electron chi connectivity index (χ0n) is 7.22. The maximum atomic E-state index is 2.33. The van der Waals surface area contributed by atoms with Gasteiger partial charge in [-0.25, -0.2) is 0 Å². The summed E-state index contributed by atoms with van der Waals surface area (Å²) in [6, 6.07) is 0. The van der Waals surface area contributed by atoms with E-state index in [9.17, 15) is 0 Å². The zero-order chi connectivity index (χ0) is 7.78. The van der Waals surface area contributed by atoms with Gasteiger partial charge in [0.05, 0.1) is 0 Å². The maximum absolute atomic E-state index is 2.33. The van der Waals surface area contributed by atoms with Crippen molar-refractivity contribution in [1.29, 1.82) is 0 Å². The average molecular weight is 156 g/mol. The molecule has 0 aromatic heterocycles. The lowest BCUT2D eigenvalue weighted by Gasteiger charge is -2.35. The van der Waals surface area contributed by atoms with Crippen molar-refractivity contribution >= 4 is 11.8 Å². The van der Waals surface area contributed by atoms with Gasteiger partial charge in [-0.15, -0.1) is 11.8 Å². The lowest BCUT2D eigenvalue weighted by molar-refractivity contribution is 0.303. The van der Waals surface area contributed by atoms with Gasteiger partial charge < -0.3 is 0 Å². The molecule has 1 heteroatoms. The molecular weight excluding hydrogens is 140 g/mol. The monoisotopic (exact) mass is 156 g/mol. The summed E-state index contributed by atoms with van der Waals surface area (Å²) in [5, 5.41) is 3.02. The minimum atomic E-state index is 0.407. The molecule has 0 N–H and O–H groups in total. The summed E-state index contributed by atoms with van der Waals surface area (Å²) < 4.78 is 0. The van der Waals surface area contributed by atoms with Gasteiger partial charge >= 0.3 is 0 Å². The Bertz CT molecular complexity index is 147. The van der Waals surface area contributed by atoms with E-state index >= 15 is 0 Å². The van der Waals surface area contributed by atoms with Gasteiger partial charge in [-0.05, 0) is 16.7 Å². The van der Waals surface area contributed by atoms with Crippen molar-refractivity contribution in [2.45, 2.75) is 32.9 Å². The van der Waals surface area contributed by atoms with E-state index in [4.69, 9.17) is 0 Å². The molecule has 1 rings (SSSR count). The fraction of sp³-hybridized carbons (Fsp3) is 0.778. The first-order chi connectivity index (χ1) is 4.54. The fourth-order valence-electron chi connectivity index (χ4n) is 1.21. The SMILES string of the molecule is CC1SC=CC(C)(C)[C@H]1C. The molecule has 0 aliphatic carbocycles. The molecule has 0 nitrogen and oxygen atoms in total. The molecule has 0 aromatic carbocycles. The van der Waals surface area contributed by atoms with Crippen LogP contribution < -0.4 is 0 Å². The maximum Gasteiger partial charge on any atom is 0.00937 e. The Hall–Kier alpha value is 0.0900. The predicted octanol–water partition coefficient (Wildman–Crippen LogP) is 3.30. The van der Waals surface area contributed by atoms with Crippen molar-refractivity contribution in [1.82, 2.24) is 0 Å². The summed E-state index contributed by atoms with van der Waals surface area (Å²) in [5.74, 6) is 0.794. The Morgan fingerprint density at radius 1 is 1.30 bits per heavy atom. The largest absolute Gasteiger partial charge is 0.131 e. The molecule has 2 atom stereocenters. The molecule has 0 aromatic rings. The molecule has 1 heterocycles. The number of allylic oxidation sites excluding steroid dienone is 1. The molecular formula is C9H16S. The summed E-state index contributed by atoms with van der Waals surface area (Å²) in [6.07, 6.45) is 2.32. The Morgan fingerprint density at radius 3 is 2.30 bits per heavy atom. The van der Waals surface area contributed by atoms with Crippen molar-refractivity contribution in [3.8, 4) is 0 Å². The van der Waals surface area contributed by atoms with Crippen LogP contribution in [0.25, 0.3) is 0 Å². The summed E-state index contributed by atoms with van der Waals surface area (Å²) >= 11 is 1.95. The van der Waals surface area contributed by atoms with E-state index in [0.29, 0.717) is 5.41 Å². The van der Waals surface area contributed by atoms with E-state index < -0.39 is 0 Å². The summed E-state index contributed by atoms with van der Waals surface area (Å²) in [5.41, 5.74) is 0.407. The normalized spacial score (nSPS) is 38.0. The van der Waals surface area contributed by atoms with Crippen LogP contribution in [0.4, 0.5) is 0 Å². The van der Waals surface area contributed by atoms with E-state index in [1.807, 2.05) is 11.8 Å². The van der Waals surface area contributed by atoms with Gasteiger partial charge in [0.25, 0.3) is 0 Å². The van der Waals surface area contributed by atoms with Crippen LogP contribution in [0, 0.1) is 11.3 Å². The first kappa shape index (κ1) is 8.19. The van der Waals surface area contributed by atoms with Crippen molar-refractivity contribution < 1.29 is 0 Å². The molecule has 58 valence electrons. The molecule has 0 bridgehead atoms. The highest BCUT2D eigenvalue weighted by Gasteiger charge is 2.30. The lowest BCUT2D eigenvalue weighted by Crippen LogP contribution is -2.28. The van der Waals surface area contributed by atoms with E-state index in [1.54, 1.807) is 0 Å². The molecule has 0 fully saturated rings. The highest BCUT2D eigenvalue weighted by molar-refractivity contribution is 8.02. The minimum Gasteiger partial charge on any atom is -0.131 e. The van der Waals surface area contributed by atoms with Gasteiger partial charge in [-0.3, -0.25) is 0 Å². The average Bonchev–Trinajstić information content (AvgIpc) is 1.83. The molecule has 1 aliphatic rings. The Kier molecular flexibility index (Phi) is 2.14. The first-order valence-electron chi connectivity index (χ1n) is 3.87. The zero-order valence-corrected chi connectivity index (χ0v) is 8.03. The van der Waals surface area contributed by atoms with Gasteiger partial charge in [-0.1, -0.05) is 33.8 Å². The number of thioether (sulfide) groups is 1. The highest BCUT2D eigenvalue weighted by Crippen LogP contribution is 2.40. The van der Waals surface area contributed by atoms with Crippen molar-refractivity contribution in [2.75, 3.05) is 0 Å². The standard InChI is InChI=1S/C9H16S/c1-7-8(2)10-6-5-9(7,3)4/h5-8H,1-4H3/t7-,8?/m0/s1. The lowest BCUT2D eigenvalue weighted by atomic mass is 9.78. The number of rotatable bonds is 0. The Morgan fingerprint density at radius 2 is 1.90 bits per heavy atom. The van der Waals surface area contributed by atoms with Crippen LogP contribution in [-0.2, 0) is 0 Å². The molecule has 0 amide bonds. The molecule has 0 spiro atoms. The second-order valence-corrected chi connectivity index (χ2v) is 5.04. The number of hydrogen-bond acceptors (Lipinski definition) is 1. The third-order valence-electron chi connectivity index (χ3n) is 2.67. The predicted molar refractivity (Wildman–Crippen MR) is 49.1 cm³/mol. The highest BCUT2D eigenvalue weighted by atomic mass is 32.2. The van der Waals surface area contributed by atoms with E-state index in [2.05, 4.69) is 39.2 Å². The molecule has 1 unspecified atom stereocenters. The van der Waals surface area contributed by atoms with Gasteiger partial charge in [0, 0.05) is 5.25 Å². The van der Waals surface area contributed by atoms with E-state index in [1.165, 1.54) is 0 Å². The van der Waals surface area contributed by atoms with Gasteiger partial charge in [0.15, 0.2) is 0 Å². The summed E-state index contributed by atoms with van der Waals surface area (Å²) in [4.78, 5) is 0. The minimum absolute atomic E-state index is 0.407. The summed E-state index contributed by atoms with van der Waals surface area (Å²) in [7, 11) is 0. The second-order valence-electron chi connectivity index (χ2n) is 3.75. The van der Waals surface area contributed by atoms with Crippen LogP contribution in [0.15, 0.2) is 11.5 Å². The van der Waals surface area contributed by atoms with Crippen LogP contribution >= 0.6 is 11.8 Å². The first-order valence-corrected chi connectivity index (χ1v) is 4.81. The van der Waals surface area contributed by atoms with Crippen LogP contribution in [0.2, 0.25) is 0 Å². The van der Waals surface area contributed by atoms with Crippen LogP contribution in [-0.4, -0.2) is 5.25 Å². The van der Waals surface area contributed by atoms with Crippen LogP contribution in [0.1, 0.15) is 27.7 Å². The molecule has 1 aliphatic heterocycles. The van der Waals surface area contributed by atoms with Crippen molar-refractivity contribution in [3.05, 3.63) is 11.5 Å². The van der Waals surface area contributed by atoms with Gasteiger partial charge in [0.2, 0.25) is 0 Å². The van der Waals surface area contributed by atoms with E-state index in [-0.39, 0.29) is 0 Å². The smallest absolute Gasteiger partial charge is 0.00937 e. The molecule has 0 saturated carbocycles. The molecule has 10 heavy (non-hydrogen) atoms. The second kappa shape index (κ2) is 2.61. The van der Waals surface area contributed by atoms with E-state index in [0.717, 1.165) is 11.2 Å². The Balaban J connectivity index is 2.77. The number of hydrogen-bond donors (Lipinski definition) is 0. The third kappa shape index (κ3) is 1.39.